The van der Waals surface area contributed by atoms with Crippen LogP contribution in [0.15, 0.2) is 60.8 Å². The molecule has 172 valence electrons. The molecule has 2 heterocycles. The number of piperidine rings is 1. The highest BCUT2D eigenvalue weighted by Gasteiger charge is 2.25. The average molecular weight is 445 g/mol. The molecule has 1 fully saturated rings. The van der Waals surface area contributed by atoms with Gasteiger partial charge in [-0.1, -0.05) is 42.8 Å². The highest BCUT2D eigenvalue weighted by atomic mass is 16.5. The molecule has 0 bridgehead atoms. The van der Waals surface area contributed by atoms with Gasteiger partial charge in [-0.3, -0.25) is 4.79 Å². The molecule has 1 aliphatic rings. The summed E-state index contributed by atoms with van der Waals surface area (Å²) in [5.74, 6) is 2.69. The van der Waals surface area contributed by atoms with Crippen molar-refractivity contribution in [1.82, 2.24) is 15.3 Å². The molecule has 2 aromatic carbocycles. The van der Waals surface area contributed by atoms with Crippen LogP contribution >= 0.6 is 0 Å². The third kappa shape index (κ3) is 6.09. The molecule has 1 aromatic heterocycles. The Balaban J connectivity index is 1.28. The third-order valence-corrected chi connectivity index (χ3v) is 5.97. The molecule has 1 amide bonds. The Bertz CT molecular complexity index is 1060. The van der Waals surface area contributed by atoms with E-state index >= 15 is 0 Å². The topological polar surface area (TPSA) is 67.3 Å². The summed E-state index contributed by atoms with van der Waals surface area (Å²) in [6.07, 6.45) is 4.44. The Morgan fingerprint density at radius 1 is 1.12 bits per heavy atom. The largest absolute Gasteiger partial charge is 0.494 e. The third-order valence-electron chi connectivity index (χ3n) is 5.97. The summed E-state index contributed by atoms with van der Waals surface area (Å²) in [5, 5.41) is 3.10. The normalized spacial score (nSPS) is 14.2. The lowest BCUT2D eigenvalue weighted by Crippen LogP contribution is -2.40. The number of nitrogens with one attached hydrogen (secondary N) is 1. The summed E-state index contributed by atoms with van der Waals surface area (Å²) in [4.78, 5) is 24.2. The number of carbonyl (C=O) groups is 1. The summed E-state index contributed by atoms with van der Waals surface area (Å²) in [6.45, 7) is 7.04. The first kappa shape index (κ1) is 22.8. The summed E-state index contributed by atoms with van der Waals surface area (Å²) < 4.78 is 5.61. The fourth-order valence-electron chi connectivity index (χ4n) is 4.08. The number of ether oxygens (including phenoxy) is 1. The predicted molar refractivity (Wildman–Crippen MR) is 131 cm³/mol. The lowest BCUT2D eigenvalue weighted by atomic mass is 9.96. The molecule has 6 nitrogen and oxygen atoms in total. The minimum Gasteiger partial charge on any atom is -0.494 e. The monoisotopic (exact) mass is 444 g/mol. The van der Waals surface area contributed by atoms with Gasteiger partial charge in [-0.15, -0.1) is 0 Å². The Morgan fingerprint density at radius 3 is 2.64 bits per heavy atom. The van der Waals surface area contributed by atoms with Crippen LogP contribution in [0.1, 0.15) is 37.3 Å². The zero-order valence-electron chi connectivity index (χ0n) is 19.5. The molecule has 0 aliphatic carbocycles. The fraction of sp³-hybridized carbons (Fsp3) is 0.370. The maximum Gasteiger partial charge on any atom is 0.223 e. The quantitative estimate of drug-likeness (QED) is 0.542. The van der Waals surface area contributed by atoms with Crippen LogP contribution in [-0.2, 0) is 11.3 Å². The van der Waals surface area contributed by atoms with Gasteiger partial charge in [-0.2, -0.15) is 0 Å². The number of nitrogens with zero attached hydrogens (tertiary/aromatic N) is 3. The number of hydrogen-bond donors (Lipinski definition) is 1. The zero-order valence-corrected chi connectivity index (χ0v) is 19.5. The van der Waals surface area contributed by atoms with Gasteiger partial charge in [-0.25, -0.2) is 9.97 Å². The van der Waals surface area contributed by atoms with Gasteiger partial charge in [0.25, 0.3) is 0 Å². The van der Waals surface area contributed by atoms with Crippen molar-refractivity contribution < 1.29 is 9.53 Å². The van der Waals surface area contributed by atoms with E-state index in [1.807, 2.05) is 48.7 Å². The highest BCUT2D eigenvalue weighted by Crippen LogP contribution is 2.24. The number of rotatable bonds is 8. The predicted octanol–water partition coefficient (Wildman–Crippen LogP) is 4.77. The summed E-state index contributed by atoms with van der Waals surface area (Å²) >= 11 is 0. The number of aromatic nitrogens is 2. The van der Waals surface area contributed by atoms with Crippen LogP contribution in [0.2, 0.25) is 0 Å². The highest BCUT2D eigenvalue weighted by molar-refractivity contribution is 5.79. The molecule has 0 spiro atoms. The van der Waals surface area contributed by atoms with Crippen molar-refractivity contribution in [1.29, 1.82) is 0 Å². The minimum absolute atomic E-state index is 0.0338. The van der Waals surface area contributed by atoms with Crippen LogP contribution in [0.5, 0.6) is 5.75 Å². The molecule has 0 saturated carbocycles. The van der Waals surface area contributed by atoms with Crippen LogP contribution in [0, 0.1) is 12.8 Å². The van der Waals surface area contributed by atoms with E-state index in [9.17, 15) is 4.79 Å². The number of anilines is 1. The van der Waals surface area contributed by atoms with Gasteiger partial charge in [0, 0.05) is 37.3 Å². The van der Waals surface area contributed by atoms with Crippen molar-refractivity contribution in [3.8, 4) is 17.1 Å². The van der Waals surface area contributed by atoms with E-state index in [1.54, 1.807) is 0 Å². The second kappa shape index (κ2) is 10.9. The molecule has 4 rings (SSSR count). The Hall–Kier alpha value is -3.41. The van der Waals surface area contributed by atoms with E-state index in [0.29, 0.717) is 6.54 Å². The van der Waals surface area contributed by atoms with Gasteiger partial charge >= 0.3 is 0 Å². The van der Waals surface area contributed by atoms with E-state index in [2.05, 4.69) is 41.2 Å². The number of benzene rings is 2. The SMILES string of the molecule is CCCOc1ccc(CNC(=O)C2CCN(c3ccnc(-c4cccc(C)c4)n3)CC2)cc1. The van der Waals surface area contributed by atoms with Crippen molar-refractivity contribution in [2.24, 2.45) is 5.92 Å². The summed E-state index contributed by atoms with van der Waals surface area (Å²) in [6, 6.07) is 18.1. The Labute approximate surface area is 196 Å². The number of aryl methyl sites for hydroxylation is 1. The fourth-order valence-corrected chi connectivity index (χ4v) is 4.08. The minimum atomic E-state index is 0.0338. The molecule has 1 N–H and O–H groups in total. The Morgan fingerprint density at radius 2 is 1.91 bits per heavy atom. The first-order valence-corrected chi connectivity index (χ1v) is 11.8. The summed E-state index contributed by atoms with van der Waals surface area (Å²) in [5.41, 5.74) is 3.29. The first-order chi connectivity index (χ1) is 16.1. The van der Waals surface area contributed by atoms with Gasteiger partial charge < -0.3 is 15.0 Å². The first-order valence-electron chi connectivity index (χ1n) is 11.8. The molecule has 1 saturated heterocycles. The molecular weight excluding hydrogens is 412 g/mol. The van der Waals surface area contributed by atoms with Crippen molar-refractivity contribution in [3.05, 3.63) is 71.9 Å². The molecule has 0 unspecified atom stereocenters. The van der Waals surface area contributed by atoms with Crippen LogP contribution in [0.25, 0.3) is 11.4 Å². The molecule has 3 aromatic rings. The van der Waals surface area contributed by atoms with Gasteiger partial charge in [0.1, 0.15) is 11.6 Å². The molecule has 0 atom stereocenters. The number of amides is 1. The molecule has 1 aliphatic heterocycles. The maximum absolute atomic E-state index is 12.7. The standard InChI is InChI=1S/C27H32N4O2/c1-3-17-33-24-9-7-21(8-10-24)19-29-27(32)22-12-15-31(16-13-22)25-11-14-28-26(30-25)23-6-4-5-20(2)18-23/h4-11,14,18,22H,3,12-13,15-17,19H2,1-2H3,(H,29,32). The average Bonchev–Trinajstić information content (AvgIpc) is 2.87. The number of carbonyl (C=O) groups excluding carboxylic acids is 1. The van der Waals surface area contributed by atoms with Crippen molar-refractivity contribution in [2.45, 2.75) is 39.7 Å². The van der Waals surface area contributed by atoms with Gasteiger partial charge in [0.15, 0.2) is 5.82 Å². The van der Waals surface area contributed by atoms with E-state index in [1.165, 1.54) is 5.56 Å². The van der Waals surface area contributed by atoms with E-state index in [4.69, 9.17) is 9.72 Å². The molecule has 0 radical (unpaired) electrons. The van der Waals surface area contributed by atoms with Gasteiger partial charge in [-0.05, 0) is 56.0 Å². The van der Waals surface area contributed by atoms with E-state index < -0.39 is 0 Å². The van der Waals surface area contributed by atoms with Crippen molar-refractivity contribution >= 4 is 11.7 Å². The van der Waals surface area contributed by atoms with Crippen LogP contribution < -0.4 is 15.0 Å². The van der Waals surface area contributed by atoms with Crippen LogP contribution in [0.4, 0.5) is 5.82 Å². The Kier molecular flexibility index (Phi) is 7.55. The van der Waals surface area contributed by atoms with Crippen LogP contribution in [0.3, 0.4) is 0 Å². The molecule has 33 heavy (non-hydrogen) atoms. The number of hydrogen-bond acceptors (Lipinski definition) is 5. The van der Waals surface area contributed by atoms with Gasteiger partial charge in [0.2, 0.25) is 5.91 Å². The lowest BCUT2D eigenvalue weighted by Gasteiger charge is -2.32. The second-order valence-corrected chi connectivity index (χ2v) is 8.58. The maximum atomic E-state index is 12.7. The zero-order chi connectivity index (χ0) is 23.0. The summed E-state index contributed by atoms with van der Waals surface area (Å²) in [7, 11) is 0. The van der Waals surface area contributed by atoms with Gasteiger partial charge in [0.05, 0.1) is 6.61 Å². The second-order valence-electron chi connectivity index (χ2n) is 8.58. The smallest absolute Gasteiger partial charge is 0.223 e. The molecule has 6 heteroatoms. The van der Waals surface area contributed by atoms with Crippen molar-refractivity contribution in [2.75, 3.05) is 24.6 Å². The molecular formula is C27H32N4O2. The van der Waals surface area contributed by atoms with E-state index in [-0.39, 0.29) is 11.8 Å². The lowest BCUT2D eigenvalue weighted by molar-refractivity contribution is -0.125. The van der Waals surface area contributed by atoms with Crippen LogP contribution in [-0.4, -0.2) is 35.6 Å². The van der Waals surface area contributed by atoms with Crippen molar-refractivity contribution in [3.63, 3.8) is 0 Å². The van der Waals surface area contributed by atoms with E-state index in [0.717, 1.165) is 67.5 Å².